The summed E-state index contributed by atoms with van der Waals surface area (Å²) in [4.78, 5) is 38.7. The van der Waals surface area contributed by atoms with Gasteiger partial charge < -0.3 is 10.2 Å². The zero-order valence-electron chi connectivity index (χ0n) is 18.8. The number of hydrogen-bond acceptors (Lipinski definition) is 3. The van der Waals surface area contributed by atoms with Crippen LogP contribution in [0.2, 0.25) is 0 Å². The molecule has 1 unspecified atom stereocenters. The second kappa shape index (κ2) is 8.38. The highest BCUT2D eigenvalue weighted by Gasteiger charge is 2.53. The lowest BCUT2D eigenvalue weighted by Crippen LogP contribution is -3.09. The third kappa shape index (κ3) is 4.83. The third-order valence-corrected chi connectivity index (χ3v) is 6.31. The Balaban J connectivity index is 1.53. The summed E-state index contributed by atoms with van der Waals surface area (Å²) >= 11 is 0. The maximum absolute atomic E-state index is 12.8. The Bertz CT molecular complexity index is 805. The SMILES string of the molecule is CC1CCC2(CC1)NC(=O)N(NC(=O)C[NH+](C)Cc1ccc(C(C)(C)C)cc1)C2=O. The summed E-state index contributed by atoms with van der Waals surface area (Å²) in [7, 11) is 1.92. The van der Waals surface area contributed by atoms with Crippen molar-refractivity contribution in [3.8, 4) is 0 Å². The Morgan fingerprint density at radius 2 is 1.80 bits per heavy atom. The van der Waals surface area contributed by atoms with E-state index in [-0.39, 0.29) is 23.8 Å². The highest BCUT2D eigenvalue weighted by Crippen LogP contribution is 2.35. The third-order valence-electron chi connectivity index (χ3n) is 6.31. The van der Waals surface area contributed by atoms with Crippen molar-refractivity contribution in [2.24, 2.45) is 5.92 Å². The first-order valence-corrected chi connectivity index (χ1v) is 10.9. The summed E-state index contributed by atoms with van der Waals surface area (Å²) in [5.74, 6) is -0.120. The van der Waals surface area contributed by atoms with E-state index in [2.05, 4.69) is 62.7 Å². The molecule has 3 rings (SSSR count). The van der Waals surface area contributed by atoms with Gasteiger partial charge in [-0.2, -0.15) is 5.01 Å². The molecule has 2 fully saturated rings. The predicted molar refractivity (Wildman–Crippen MR) is 114 cm³/mol. The zero-order valence-corrected chi connectivity index (χ0v) is 18.8. The van der Waals surface area contributed by atoms with Crippen molar-refractivity contribution in [1.82, 2.24) is 15.8 Å². The molecule has 1 aliphatic heterocycles. The predicted octanol–water partition coefficient (Wildman–Crippen LogP) is 1.53. The second-order valence-electron chi connectivity index (χ2n) is 10.1. The molecular weight excluding hydrogens is 380 g/mol. The van der Waals surface area contributed by atoms with Gasteiger partial charge in [0.25, 0.3) is 11.8 Å². The number of hydrogen-bond donors (Lipinski definition) is 3. The number of rotatable bonds is 5. The average molecular weight is 416 g/mol. The fourth-order valence-corrected chi connectivity index (χ4v) is 4.29. The first kappa shape index (κ1) is 22.3. The van der Waals surface area contributed by atoms with Crippen LogP contribution in [0.25, 0.3) is 0 Å². The van der Waals surface area contributed by atoms with Gasteiger partial charge in [0.1, 0.15) is 12.1 Å². The van der Waals surface area contributed by atoms with E-state index in [1.807, 2.05) is 7.05 Å². The molecular formula is C23H35N4O3+. The van der Waals surface area contributed by atoms with Gasteiger partial charge in [0, 0.05) is 5.56 Å². The molecule has 3 N–H and O–H groups in total. The van der Waals surface area contributed by atoms with Crippen molar-refractivity contribution < 1.29 is 19.3 Å². The first-order chi connectivity index (χ1) is 14.0. The van der Waals surface area contributed by atoms with Crippen LogP contribution in [0.1, 0.15) is 64.5 Å². The molecule has 1 aliphatic carbocycles. The monoisotopic (exact) mass is 415 g/mol. The van der Waals surface area contributed by atoms with Crippen LogP contribution in [-0.2, 0) is 21.5 Å². The van der Waals surface area contributed by atoms with E-state index in [1.165, 1.54) is 5.56 Å². The van der Waals surface area contributed by atoms with Gasteiger partial charge in [0.15, 0.2) is 6.54 Å². The molecule has 1 atom stereocenters. The van der Waals surface area contributed by atoms with Gasteiger partial charge in [-0.05, 0) is 42.6 Å². The highest BCUT2D eigenvalue weighted by atomic mass is 16.2. The van der Waals surface area contributed by atoms with Crippen LogP contribution in [0, 0.1) is 5.92 Å². The van der Waals surface area contributed by atoms with E-state index < -0.39 is 11.6 Å². The van der Waals surface area contributed by atoms with E-state index in [9.17, 15) is 14.4 Å². The van der Waals surface area contributed by atoms with Crippen LogP contribution in [0.5, 0.6) is 0 Å². The maximum Gasteiger partial charge on any atom is 0.344 e. The lowest BCUT2D eigenvalue weighted by atomic mass is 9.77. The van der Waals surface area contributed by atoms with E-state index in [4.69, 9.17) is 0 Å². The molecule has 30 heavy (non-hydrogen) atoms. The molecule has 4 amide bonds. The minimum absolute atomic E-state index is 0.105. The summed E-state index contributed by atoms with van der Waals surface area (Å²) < 4.78 is 0. The number of amides is 4. The molecule has 1 saturated heterocycles. The molecule has 1 aromatic rings. The molecule has 7 nitrogen and oxygen atoms in total. The molecule has 0 bridgehead atoms. The minimum Gasteiger partial charge on any atom is -0.326 e. The zero-order chi connectivity index (χ0) is 22.1. The quantitative estimate of drug-likeness (QED) is 0.638. The summed E-state index contributed by atoms with van der Waals surface area (Å²) in [5.41, 5.74) is 4.19. The molecule has 164 valence electrons. The van der Waals surface area contributed by atoms with Gasteiger partial charge in [-0.15, -0.1) is 0 Å². The number of nitrogens with zero attached hydrogens (tertiary/aromatic N) is 1. The average Bonchev–Trinajstić information content (AvgIpc) is 2.88. The number of nitrogens with one attached hydrogen (secondary N) is 3. The molecule has 2 aliphatic rings. The van der Waals surface area contributed by atoms with Gasteiger partial charge in [-0.3, -0.25) is 15.0 Å². The number of imide groups is 1. The Morgan fingerprint density at radius 3 is 2.37 bits per heavy atom. The van der Waals surface area contributed by atoms with Crippen LogP contribution in [0.3, 0.4) is 0 Å². The Hall–Kier alpha value is -2.41. The Labute approximate surface area is 179 Å². The Morgan fingerprint density at radius 1 is 1.20 bits per heavy atom. The van der Waals surface area contributed by atoms with Crippen LogP contribution in [0.4, 0.5) is 4.79 Å². The number of quaternary nitrogens is 1. The van der Waals surface area contributed by atoms with E-state index in [0.29, 0.717) is 25.3 Å². The molecule has 1 aromatic carbocycles. The van der Waals surface area contributed by atoms with Crippen molar-refractivity contribution in [3.05, 3.63) is 35.4 Å². The van der Waals surface area contributed by atoms with Gasteiger partial charge >= 0.3 is 6.03 Å². The van der Waals surface area contributed by atoms with Crippen LogP contribution in [-0.4, -0.2) is 42.0 Å². The maximum atomic E-state index is 12.8. The second-order valence-corrected chi connectivity index (χ2v) is 10.1. The minimum atomic E-state index is -0.843. The number of benzene rings is 1. The summed E-state index contributed by atoms with van der Waals surface area (Å²) in [6.45, 7) is 9.54. The number of hydrazine groups is 1. The fraction of sp³-hybridized carbons (Fsp3) is 0.609. The van der Waals surface area contributed by atoms with Gasteiger partial charge in [0.05, 0.1) is 7.05 Å². The van der Waals surface area contributed by atoms with Gasteiger partial charge in [-0.25, -0.2) is 4.79 Å². The van der Waals surface area contributed by atoms with Gasteiger partial charge in [-0.1, -0.05) is 52.0 Å². The summed E-state index contributed by atoms with van der Waals surface area (Å²) in [6.07, 6.45) is 3.05. The molecule has 1 saturated carbocycles. The van der Waals surface area contributed by atoms with Crippen molar-refractivity contribution in [2.75, 3.05) is 13.6 Å². The lowest BCUT2D eigenvalue weighted by Gasteiger charge is -2.33. The van der Waals surface area contributed by atoms with E-state index >= 15 is 0 Å². The standard InChI is InChI=1S/C23H34N4O3/c1-16-10-12-23(13-11-16)20(29)27(21(30)24-23)25-19(28)15-26(5)14-17-6-8-18(9-7-17)22(2,3)4/h6-9,16H,10-15H2,1-5H3,(H,24,30)(H,25,28)/p+1. The molecule has 0 aromatic heterocycles. The molecule has 0 radical (unpaired) electrons. The van der Waals surface area contributed by atoms with Crippen molar-refractivity contribution >= 4 is 17.8 Å². The first-order valence-electron chi connectivity index (χ1n) is 10.9. The van der Waals surface area contributed by atoms with Crippen molar-refractivity contribution in [1.29, 1.82) is 0 Å². The molecule has 1 spiro atoms. The Kier molecular flexibility index (Phi) is 6.22. The molecule has 1 heterocycles. The number of urea groups is 1. The number of carbonyl (C=O) groups is 3. The van der Waals surface area contributed by atoms with E-state index in [0.717, 1.165) is 28.3 Å². The van der Waals surface area contributed by atoms with Crippen LogP contribution in [0.15, 0.2) is 24.3 Å². The van der Waals surface area contributed by atoms with Crippen LogP contribution < -0.4 is 15.6 Å². The molecule has 7 heteroatoms. The lowest BCUT2D eigenvalue weighted by molar-refractivity contribution is -0.885. The fourth-order valence-electron chi connectivity index (χ4n) is 4.29. The largest absolute Gasteiger partial charge is 0.344 e. The highest BCUT2D eigenvalue weighted by molar-refractivity contribution is 6.08. The van der Waals surface area contributed by atoms with E-state index in [1.54, 1.807) is 0 Å². The number of carbonyl (C=O) groups excluding carboxylic acids is 3. The summed E-state index contributed by atoms with van der Waals surface area (Å²) in [5, 5.41) is 3.70. The van der Waals surface area contributed by atoms with Crippen LogP contribution >= 0.6 is 0 Å². The normalized spacial score (nSPS) is 25.4. The van der Waals surface area contributed by atoms with Gasteiger partial charge in [0.2, 0.25) is 0 Å². The summed E-state index contributed by atoms with van der Waals surface area (Å²) in [6, 6.07) is 7.90. The topological polar surface area (TPSA) is 83.0 Å². The number of likely N-dealkylation sites (N-methyl/N-ethyl adjacent to an activating group) is 1. The van der Waals surface area contributed by atoms with Crippen molar-refractivity contribution in [2.45, 2.75) is 70.9 Å². The smallest absolute Gasteiger partial charge is 0.326 e. The van der Waals surface area contributed by atoms with Crippen molar-refractivity contribution in [3.63, 3.8) is 0 Å².